The molecule has 0 bridgehead atoms. The molecule has 2 aromatic carbocycles. The normalized spacial score (nSPS) is 13.0. The number of para-hydroxylation sites is 2. The summed E-state index contributed by atoms with van der Waals surface area (Å²) in [6.07, 6.45) is 2.73. The number of hydrogen-bond donors (Lipinski definition) is 0. The van der Waals surface area contributed by atoms with Gasteiger partial charge in [-0.3, -0.25) is 9.69 Å². The van der Waals surface area contributed by atoms with E-state index in [0.717, 1.165) is 54.4 Å². The quantitative estimate of drug-likeness (QED) is 0.408. The van der Waals surface area contributed by atoms with E-state index in [-0.39, 0.29) is 5.91 Å². The fraction of sp³-hybridized carbons (Fsp3) is 0.321. The number of nitrogens with zero attached hydrogens (tertiary/aromatic N) is 5. The zero-order valence-electron chi connectivity index (χ0n) is 20.8. The number of rotatable bonds is 10. The topological polar surface area (TPSA) is 83.6 Å². The molecule has 1 aromatic heterocycles. The third-order valence-electron chi connectivity index (χ3n) is 6.35. The molecule has 3 aromatic rings. The molecule has 0 aliphatic carbocycles. The zero-order valence-corrected chi connectivity index (χ0v) is 20.8. The van der Waals surface area contributed by atoms with Crippen molar-refractivity contribution in [3.05, 3.63) is 89.3 Å². The van der Waals surface area contributed by atoms with Gasteiger partial charge in [0.05, 0.1) is 43.3 Å². The summed E-state index contributed by atoms with van der Waals surface area (Å²) in [5.41, 5.74) is 4.87. The molecule has 0 spiro atoms. The van der Waals surface area contributed by atoms with Crippen molar-refractivity contribution in [2.24, 2.45) is 0 Å². The Morgan fingerprint density at radius 2 is 2.08 bits per heavy atom. The molecule has 8 heteroatoms. The van der Waals surface area contributed by atoms with Gasteiger partial charge in [-0.2, -0.15) is 10.4 Å². The van der Waals surface area contributed by atoms with Crippen molar-refractivity contribution < 1.29 is 14.3 Å². The van der Waals surface area contributed by atoms with E-state index in [4.69, 9.17) is 14.6 Å². The van der Waals surface area contributed by atoms with Gasteiger partial charge in [-0.05, 0) is 30.3 Å². The van der Waals surface area contributed by atoms with Gasteiger partial charge in [0.2, 0.25) is 0 Å². The fourth-order valence-corrected chi connectivity index (χ4v) is 4.55. The summed E-state index contributed by atoms with van der Waals surface area (Å²) >= 11 is 0. The Labute approximate surface area is 212 Å². The van der Waals surface area contributed by atoms with Crippen LogP contribution in [-0.4, -0.2) is 65.9 Å². The van der Waals surface area contributed by atoms with Crippen LogP contribution >= 0.6 is 0 Å². The number of nitriles is 1. The monoisotopic (exact) mass is 485 g/mol. The first-order chi connectivity index (χ1) is 17.6. The van der Waals surface area contributed by atoms with Crippen molar-refractivity contribution in [2.75, 3.05) is 40.5 Å². The smallest absolute Gasteiger partial charge is 0.254 e. The Morgan fingerprint density at radius 1 is 1.25 bits per heavy atom. The minimum absolute atomic E-state index is 0.163. The number of fused-ring (bicyclic) bond motifs is 1. The van der Waals surface area contributed by atoms with Crippen LogP contribution in [0.4, 0.5) is 0 Å². The Hall–Kier alpha value is -3.93. The highest BCUT2D eigenvalue weighted by Crippen LogP contribution is 2.30. The largest absolute Gasteiger partial charge is 0.494 e. The predicted octanol–water partition coefficient (Wildman–Crippen LogP) is 3.59. The number of hydrogen-bond acceptors (Lipinski definition) is 6. The summed E-state index contributed by atoms with van der Waals surface area (Å²) in [5.74, 6) is 0.576. The zero-order chi connectivity index (χ0) is 25.5. The molecule has 2 heterocycles. The molecule has 4 rings (SSSR count). The van der Waals surface area contributed by atoms with E-state index in [1.54, 1.807) is 43.4 Å². The number of aromatic nitrogens is 2. The first kappa shape index (κ1) is 25.2. The Morgan fingerprint density at radius 3 is 2.83 bits per heavy atom. The molecule has 0 unspecified atom stereocenters. The maximum atomic E-state index is 13.5. The molecule has 1 aliphatic heterocycles. The number of carbonyl (C=O) groups excluding carboxylic acids is 1. The first-order valence-corrected chi connectivity index (χ1v) is 11.9. The van der Waals surface area contributed by atoms with E-state index >= 15 is 0 Å². The highest BCUT2D eigenvalue weighted by Gasteiger charge is 2.28. The van der Waals surface area contributed by atoms with Crippen molar-refractivity contribution in [1.82, 2.24) is 19.6 Å². The second-order valence-corrected chi connectivity index (χ2v) is 8.64. The molecule has 0 saturated heterocycles. The molecule has 0 N–H and O–H groups in total. The van der Waals surface area contributed by atoms with Crippen LogP contribution in [-0.2, 0) is 24.2 Å². The number of methoxy groups -OCH3 is 2. The lowest BCUT2D eigenvalue weighted by Gasteiger charge is -2.27. The minimum atomic E-state index is -0.163. The summed E-state index contributed by atoms with van der Waals surface area (Å²) in [5, 5.41) is 14.3. The Bertz CT molecular complexity index is 1280. The van der Waals surface area contributed by atoms with Crippen molar-refractivity contribution in [3.63, 3.8) is 0 Å². The van der Waals surface area contributed by atoms with E-state index in [1.165, 1.54) is 0 Å². The summed E-state index contributed by atoms with van der Waals surface area (Å²) < 4.78 is 12.9. The van der Waals surface area contributed by atoms with Crippen LogP contribution in [0.5, 0.6) is 5.75 Å². The molecular formula is C28H31N5O3. The molecule has 8 nitrogen and oxygen atoms in total. The average molecular weight is 486 g/mol. The van der Waals surface area contributed by atoms with Gasteiger partial charge in [-0.15, -0.1) is 6.58 Å². The summed E-state index contributed by atoms with van der Waals surface area (Å²) in [6.45, 7) is 7.41. The van der Waals surface area contributed by atoms with E-state index < -0.39 is 0 Å². The van der Waals surface area contributed by atoms with Gasteiger partial charge in [-0.1, -0.05) is 24.3 Å². The van der Waals surface area contributed by atoms with Crippen LogP contribution < -0.4 is 4.74 Å². The van der Waals surface area contributed by atoms with Crippen molar-refractivity contribution in [1.29, 1.82) is 5.26 Å². The van der Waals surface area contributed by atoms with Crippen LogP contribution in [0.3, 0.4) is 0 Å². The second kappa shape index (κ2) is 11.7. The van der Waals surface area contributed by atoms with Crippen molar-refractivity contribution in [2.45, 2.75) is 19.5 Å². The van der Waals surface area contributed by atoms with E-state index in [0.29, 0.717) is 30.8 Å². The number of benzene rings is 2. The summed E-state index contributed by atoms with van der Waals surface area (Å²) in [4.78, 5) is 17.6. The van der Waals surface area contributed by atoms with Gasteiger partial charge in [0, 0.05) is 50.8 Å². The van der Waals surface area contributed by atoms with Crippen LogP contribution in [0, 0.1) is 11.3 Å². The standard InChI is InChI=1S/C28H31N5O3/c1-4-13-31-14-12-25-23(19-31)24(30-33(25)26-10-5-6-11-27(26)36-3)20-32(15-16-35-2)28(34)22-9-7-8-21(17-22)18-29/h4-11,17H,1,12-16,19-20H2,2-3H3. The van der Waals surface area contributed by atoms with E-state index in [2.05, 4.69) is 17.5 Å². The van der Waals surface area contributed by atoms with Gasteiger partial charge < -0.3 is 14.4 Å². The average Bonchev–Trinajstić information content (AvgIpc) is 3.28. The molecule has 0 fully saturated rings. The maximum absolute atomic E-state index is 13.5. The third kappa shape index (κ3) is 5.33. The van der Waals surface area contributed by atoms with E-state index in [1.807, 2.05) is 35.0 Å². The second-order valence-electron chi connectivity index (χ2n) is 8.64. The van der Waals surface area contributed by atoms with Gasteiger partial charge in [-0.25, -0.2) is 4.68 Å². The minimum Gasteiger partial charge on any atom is -0.494 e. The SMILES string of the molecule is C=CCN1CCc2c(c(CN(CCOC)C(=O)c3cccc(C#N)c3)nn2-c2ccccc2OC)C1. The molecular weight excluding hydrogens is 454 g/mol. The first-order valence-electron chi connectivity index (χ1n) is 11.9. The van der Waals surface area contributed by atoms with Crippen LogP contribution in [0.25, 0.3) is 5.69 Å². The van der Waals surface area contributed by atoms with Crippen LogP contribution in [0.15, 0.2) is 61.2 Å². The lowest BCUT2D eigenvalue weighted by atomic mass is 10.0. The molecule has 0 atom stereocenters. The Balaban J connectivity index is 1.74. The van der Waals surface area contributed by atoms with Crippen LogP contribution in [0.2, 0.25) is 0 Å². The lowest BCUT2D eigenvalue weighted by molar-refractivity contribution is 0.0676. The van der Waals surface area contributed by atoms with Gasteiger partial charge in [0.1, 0.15) is 11.4 Å². The molecule has 0 radical (unpaired) electrons. The molecule has 1 amide bonds. The van der Waals surface area contributed by atoms with Gasteiger partial charge in [0.25, 0.3) is 5.91 Å². The highest BCUT2D eigenvalue weighted by molar-refractivity contribution is 5.94. The maximum Gasteiger partial charge on any atom is 0.254 e. The number of amides is 1. The molecule has 36 heavy (non-hydrogen) atoms. The lowest BCUT2D eigenvalue weighted by Crippen LogP contribution is -2.35. The molecule has 186 valence electrons. The fourth-order valence-electron chi connectivity index (χ4n) is 4.55. The van der Waals surface area contributed by atoms with Gasteiger partial charge >= 0.3 is 0 Å². The third-order valence-corrected chi connectivity index (χ3v) is 6.35. The summed E-state index contributed by atoms with van der Waals surface area (Å²) in [7, 11) is 3.27. The predicted molar refractivity (Wildman–Crippen MR) is 137 cm³/mol. The number of ether oxygens (including phenoxy) is 2. The van der Waals surface area contributed by atoms with Crippen molar-refractivity contribution >= 4 is 5.91 Å². The highest BCUT2D eigenvalue weighted by atomic mass is 16.5. The molecule has 0 saturated carbocycles. The van der Waals surface area contributed by atoms with Crippen LogP contribution in [0.1, 0.15) is 32.9 Å². The number of carbonyl (C=O) groups is 1. The van der Waals surface area contributed by atoms with Crippen molar-refractivity contribution in [3.8, 4) is 17.5 Å². The Kier molecular flexibility index (Phi) is 8.16. The summed E-state index contributed by atoms with van der Waals surface area (Å²) in [6, 6.07) is 16.7. The van der Waals surface area contributed by atoms with Gasteiger partial charge in [0.15, 0.2) is 0 Å². The van der Waals surface area contributed by atoms with E-state index in [9.17, 15) is 10.1 Å². The molecule has 1 aliphatic rings.